The molecule has 0 radical (unpaired) electrons. The first-order valence-electron chi connectivity index (χ1n) is 5.52. The average Bonchev–Trinajstić information content (AvgIpc) is 2.29. The first kappa shape index (κ1) is 13.2. The molecule has 0 atom stereocenters. The number of nitrogens with zero attached hydrogens (tertiary/aromatic N) is 2. The minimum absolute atomic E-state index is 0.252. The van der Waals surface area contributed by atoms with E-state index in [0.29, 0.717) is 5.02 Å². The van der Waals surface area contributed by atoms with Crippen LogP contribution in [0.15, 0.2) is 29.4 Å². The number of nitrogen functional groups attached to an aromatic ring is 1. The second-order valence-electron chi connectivity index (χ2n) is 4.17. The van der Waals surface area contributed by atoms with Gasteiger partial charge in [0, 0.05) is 5.75 Å². The minimum atomic E-state index is 0.252. The van der Waals surface area contributed by atoms with Gasteiger partial charge in [-0.05, 0) is 19.4 Å². The van der Waals surface area contributed by atoms with Crippen LogP contribution in [0.5, 0.6) is 0 Å². The summed E-state index contributed by atoms with van der Waals surface area (Å²) in [7, 11) is 0. The van der Waals surface area contributed by atoms with E-state index in [1.165, 1.54) is 22.9 Å². The third kappa shape index (κ3) is 3.37. The Bertz CT molecular complexity index is 552. The topological polar surface area (TPSA) is 51.8 Å². The highest BCUT2D eigenvalue weighted by molar-refractivity contribution is 7.98. The van der Waals surface area contributed by atoms with Crippen molar-refractivity contribution in [1.82, 2.24) is 9.97 Å². The van der Waals surface area contributed by atoms with Gasteiger partial charge < -0.3 is 5.73 Å². The van der Waals surface area contributed by atoms with Gasteiger partial charge in [-0.25, -0.2) is 9.97 Å². The molecule has 0 saturated heterocycles. The summed E-state index contributed by atoms with van der Waals surface area (Å²) in [5, 5.41) is 1.27. The van der Waals surface area contributed by atoms with Gasteiger partial charge >= 0.3 is 0 Å². The molecular formula is C13H14ClN3S. The molecular weight excluding hydrogens is 266 g/mol. The maximum Gasteiger partial charge on any atom is 0.221 e. The molecule has 94 valence electrons. The Labute approximate surface area is 116 Å². The molecule has 3 nitrogen and oxygen atoms in total. The van der Waals surface area contributed by atoms with Crippen molar-refractivity contribution in [2.24, 2.45) is 0 Å². The van der Waals surface area contributed by atoms with Gasteiger partial charge in [-0.3, -0.25) is 0 Å². The van der Waals surface area contributed by atoms with Crippen LogP contribution >= 0.6 is 23.4 Å². The molecule has 0 unspecified atom stereocenters. The summed E-state index contributed by atoms with van der Waals surface area (Å²) in [6.07, 6.45) is 1.54. The van der Waals surface area contributed by atoms with E-state index >= 15 is 0 Å². The fraction of sp³-hybridized carbons (Fsp3) is 0.231. The maximum atomic E-state index is 6.02. The van der Waals surface area contributed by atoms with Crippen molar-refractivity contribution < 1.29 is 0 Å². The van der Waals surface area contributed by atoms with Gasteiger partial charge in [0.2, 0.25) is 5.95 Å². The van der Waals surface area contributed by atoms with E-state index in [-0.39, 0.29) is 5.95 Å². The van der Waals surface area contributed by atoms with Gasteiger partial charge in [-0.1, -0.05) is 52.7 Å². The molecule has 2 rings (SSSR count). The zero-order valence-electron chi connectivity index (χ0n) is 10.3. The van der Waals surface area contributed by atoms with Gasteiger partial charge in [0.15, 0.2) is 0 Å². The number of hydrogen-bond donors (Lipinski definition) is 1. The van der Waals surface area contributed by atoms with E-state index in [2.05, 4.69) is 42.0 Å². The molecule has 0 saturated carbocycles. The van der Waals surface area contributed by atoms with E-state index in [4.69, 9.17) is 17.3 Å². The molecule has 18 heavy (non-hydrogen) atoms. The number of hydrogen-bond acceptors (Lipinski definition) is 4. The molecule has 2 aromatic rings. The lowest BCUT2D eigenvalue weighted by molar-refractivity contribution is 1.06. The molecule has 0 bridgehead atoms. The number of aryl methyl sites for hydroxylation is 2. The number of halogens is 1. The number of rotatable bonds is 3. The van der Waals surface area contributed by atoms with Crippen LogP contribution in [-0.2, 0) is 5.75 Å². The van der Waals surface area contributed by atoms with E-state index in [9.17, 15) is 0 Å². The van der Waals surface area contributed by atoms with Crippen molar-refractivity contribution in [2.45, 2.75) is 24.6 Å². The standard InChI is InChI=1S/C13H14ClN3S/c1-8-3-9(2)5-10(4-8)7-18-12-11(14)6-16-13(15)17-12/h3-6H,7H2,1-2H3,(H2,15,16,17). The molecule has 1 aromatic heterocycles. The van der Waals surface area contributed by atoms with Crippen molar-refractivity contribution in [1.29, 1.82) is 0 Å². The smallest absolute Gasteiger partial charge is 0.221 e. The van der Waals surface area contributed by atoms with Gasteiger partial charge in [-0.2, -0.15) is 0 Å². The second kappa shape index (κ2) is 5.59. The maximum absolute atomic E-state index is 6.02. The number of aromatic nitrogens is 2. The molecule has 5 heteroatoms. The quantitative estimate of drug-likeness (QED) is 0.689. The Morgan fingerprint density at radius 2 is 1.89 bits per heavy atom. The lowest BCUT2D eigenvalue weighted by Gasteiger charge is -2.06. The van der Waals surface area contributed by atoms with E-state index in [1.54, 1.807) is 11.8 Å². The van der Waals surface area contributed by atoms with Crippen LogP contribution < -0.4 is 5.73 Å². The van der Waals surface area contributed by atoms with Crippen LogP contribution in [0.3, 0.4) is 0 Å². The van der Waals surface area contributed by atoms with Crippen molar-refractivity contribution in [3.8, 4) is 0 Å². The van der Waals surface area contributed by atoms with Crippen LogP contribution in [0.25, 0.3) is 0 Å². The summed E-state index contributed by atoms with van der Waals surface area (Å²) in [6.45, 7) is 4.19. The zero-order chi connectivity index (χ0) is 13.1. The molecule has 0 aliphatic rings. The summed E-state index contributed by atoms with van der Waals surface area (Å²) < 4.78 is 0. The summed E-state index contributed by atoms with van der Waals surface area (Å²) in [6, 6.07) is 6.49. The second-order valence-corrected chi connectivity index (χ2v) is 5.54. The number of nitrogens with two attached hydrogens (primary N) is 1. The van der Waals surface area contributed by atoms with Crippen LogP contribution in [0, 0.1) is 13.8 Å². The number of benzene rings is 1. The first-order chi connectivity index (χ1) is 8.54. The van der Waals surface area contributed by atoms with Crippen LogP contribution in [0.4, 0.5) is 5.95 Å². The molecule has 0 spiro atoms. The Morgan fingerprint density at radius 1 is 1.22 bits per heavy atom. The Hall–Kier alpha value is -1.26. The third-order valence-corrected chi connectivity index (χ3v) is 3.84. The fourth-order valence-electron chi connectivity index (χ4n) is 1.77. The normalized spacial score (nSPS) is 10.6. The Balaban J connectivity index is 2.13. The molecule has 1 aromatic carbocycles. The molecule has 2 N–H and O–H groups in total. The van der Waals surface area contributed by atoms with Gasteiger partial charge in [0.1, 0.15) is 5.03 Å². The summed E-state index contributed by atoms with van der Waals surface area (Å²) in [4.78, 5) is 7.97. The van der Waals surface area contributed by atoms with Crippen molar-refractivity contribution in [3.63, 3.8) is 0 Å². The average molecular weight is 280 g/mol. The molecule has 0 aliphatic heterocycles. The molecule has 0 aliphatic carbocycles. The van der Waals surface area contributed by atoms with Crippen molar-refractivity contribution in [2.75, 3.05) is 5.73 Å². The predicted octanol–water partition coefficient (Wildman–Crippen LogP) is 3.62. The number of thioether (sulfide) groups is 1. The van der Waals surface area contributed by atoms with E-state index in [1.807, 2.05) is 0 Å². The highest BCUT2D eigenvalue weighted by Crippen LogP contribution is 2.28. The lowest BCUT2D eigenvalue weighted by Crippen LogP contribution is -1.96. The molecule has 0 fully saturated rings. The predicted molar refractivity (Wildman–Crippen MR) is 76.9 cm³/mol. The van der Waals surface area contributed by atoms with Crippen LogP contribution in [-0.4, -0.2) is 9.97 Å². The highest BCUT2D eigenvalue weighted by atomic mass is 35.5. The molecule has 1 heterocycles. The Kier molecular flexibility index (Phi) is 4.09. The minimum Gasteiger partial charge on any atom is -0.368 e. The third-order valence-electron chi connectivity index (χ3n) is 2.39. The summed E-state index contributed by atoms with van der Waals surface area (Å²) in [5.41, 5.74) is 9.33. The van der Waals surface area contributed by atoms with Crippen LogP contribution in [0.1, 0.15) is 16.7 Å². The van der Waals surface area contributed by atoms with Crippen LogP contribution in [0.2, 0.25) is 5.02 Å². The van der Waals surface area contributed by atoms with E-state index in [0.717, 1.165) is 10.8 Å². The number of anilines is 1. The first-order valence-corrected chi connectivity index (χ1v) is 6.89. The Morgan fingerprint density at radius 3 is 2.56 bits per heavy atom. The largest absolute Gasteiger partial charge is 0.368 e. The molecule has 0 amide bonds. The van der Waals surface area contributed by atoms with E-state index < -0.39 is 0 Å². The van der Waals surface area contributed by atoms with Gasteiger partial charge in [-0.15, -0.1) is 0 Å². The van der Waals surface area contributed by atoms with Gasteiger partial charge in [0.25, 0.3) is 0 Å². The zero-order valence-corrected chi connectivity index (χ0v) is 11.8. The lowest BCUT2D eigenvalue weighted by atomic mass is 10.1. The summed E-state index contributed by atoms with van der Waals surface area (Å²) >= 11 is 7.59. The summed E-state index contributed by atoms with van der Waals surface area (Å²) in [5.74, 6) is 1.07. The van der Waals surface area contributed by atoms with Crippen molar-refractivity contribution in [3.05, 3.63) is 46.1 Å². The van der Waals surface area contributed by atoms with Crippen molar-refractivity contribution >= 4 is 29.3 Å². The highest BCUT2D eigenvalue weighted by Gasteiger charge is 2.05. The monoisotopic (exact) mass is 279 g/mol. The fourth-order valence-corrected chi connectivity index (χ4v) is 2.84. The SMILES string of the molecule is Cc1cc(C)cc(CSc2nc(N)ncc2Cl)c1. The van der Waals surface area contributed by atoms with Gasteiger partial charge in [0.05, 0.1) is 11.2 Å².